The second kappa shape index (κ2) is 15.0. The van der Waals surface area contributed by atoms with Crippen molar-refractivity contribution >= 4 is 12.2 Å². The smallest absolute Gasteiger partial charge is 0.223 e. The lowest BCUT2D eigenvalue weighted by molar-refractivity contribution is -0.129. The Labute approximate surface area is 189 Å². The van der Waals surface area contributed by atoms with Crippen LogP contribution in [0.5, 0.6) is 0 Å². The van der Waals surface area contributed by atoms with Crippen molar-refractivity contribution in [3.05, 3.63) is 0 Å². The van der Waals surface area contributed by atoms with E-state index in [4.69, 9.17) is 0 Å². The lowest BCUT2D eigenvalue weighted by atomic mass is 9.62. The van der Waals surface area contributed by atoms with Crippen LogP contribution >= 0.6 is 0 Å². The van der Waals surface area contributed by atoms with E-state index in [0.717, 1.165) is 25.5 Å². The van der Waals surface area contributed by atoms with Crippen molar-refractivity contribution in [2.45, 2.75) is 128 Å². The summed E-state index contributed by atoms with van der Waals surface area (Å²) in [6, 6.07) is 0.147. The van der Waals surface area contributed by atoms with Crippen LogP contribution in [-0.2, 0) is 9.59 Å². The first-order valence-corrected chi connectivity index (χ1v) is 12.6. The minimum absolute atomic E-state index is 0.0168. The molecule has 5 unspecified atom stereocenters. The third-order valence-corrected chi connectivity index (χ3v) is 7.78. The summed E-state index contributed by atoms with van der Waals surface area (Å²) in [6.45, 7) is 26.2. The molecule has 0 fully saturated rings. The molecule has 0 aliphatic heterocycles. The Hall–Kier alpha value is -0.860. The molecule has 0 radical (unpaired) electrons. The number of nitrogens with one attached hydrogen (secondary N) is 1. The van der Waals surface area contributed by atoms with Gasteiger partial charge in [0.25, 0.3) is 0 Å². The minimum atomic E-state index is -0.282. The van der Waals surface area contributed by atoms with Crippen molar-refractivity contribution in [3.8, 4) is 0 Å². The van der Waals surface area contributed by atoms with Gasteiger partial charge in [0.1, 0.15) is 6.29 Å². The first-order valence-electron chi connectivity index (χ1n) is 12.6. The fourth-order valence-corrected chi connectivity index (χ4v) is 3.82. The van der Waals surface area contributed by atoms with E-state index in [-0.39, 0.29) is 34.6 Å². The summed E-state index contributed by atoms with van der Waals surface area (Å²) in [5.41, 5.74) is 0.335. The zero-order valence-corrected chi connectivity index (χ0v) is 22.5. The monoisotopic (exact) mass is 425 g/mol. The van der Waals surface area contributed by atoms with E-state index in [9.17, 15) is 9.59 Å². The van der Waals surface area contributed by atoms with Gasteiger partial charge in [0.15, 0.2) is 0 Å². The second-order valence-corrected chi connectivity index (χ2v) is 10.7. The van der Waals surface area contributed by atoms with Crippen molar-refractivity contribution in [2.24, 2.45) is 34.5 Å². The van der Waals surface area contributed by atoms with E-state index in [0.29, 0.717) is 11.8 Å². The molecule has 1 N–H and O–H groups in total. The van der Waals surface area contributed by atoms with Gasteiger partial charge in [-0.05, 0) is 41.9 Å². The number of rotatable bonds is 14. The highest BCUT2D eigenvalue weighted by Gasteiger charge is 2.39. The summed E-state index contributed by atoms with van der Waals surface area (Å²) in [7, 11) is 0. The Kier molecular flexibility index (Phi) is 15.7. The normalized spacial score (nSPS) is 17.1. The number of unbranched alkanes of at least 4 members (excludes halogenated alkanes) is 1. The zero-order chi connectivity index (χ0) is 24.1. The van der Waals surface area contributed by atoms with E-state index in [1.807, 2.05) is 27.7 Å². The molecule has 30 heavy (non-hydrogen) atoms. The molecule has 0 bridgehead atoms. The number of carbonyl (C=O) groups is 2. The Bertz CT molecular complexity index is 469. The van der Waals surface area contributed by atoms with Crippen molar-refractivity contribution in [3.63, 3.8) is 0 Å². The summed E-state index contributed by atoms with van der Waals surface area (Å²) in [5.74, 6) is 0.686. The van der Waals surface area contributed by atoms with Gasteiger partial charge < -0.3 is 10.1 Å². The molecule has 0 aliphatic carbocycles. The molecule has 0 saturated heterocycles. The molecular weight excluding hydrogens is 370 g/mol. The van der Waals surface area contributed by atoms with Crippen LogP contribution in [0.15, 0.2) is 0 Å². The van der Waals surface area contributed by atoms with Crippen molar-refractivity contribution < 1.29 is 9.59 Å². The Morgan fingerprint density at radius 3 is 1.90 bits per heavy atom. The van der Waals surface area contributed by atoms with Crippen LogP contribution in [0.3, 0.4) is 0 Å². The molecule has 3 heteroatoms. The summed E-state index contributed by atoms with van der Waals surface area (Å²) < 4.78 is 0. The predicted molar refractivity (Wildman–Crippen MR) is 133 cm³/mol. The topological polar surface area (TPSA) is 46.2 Å². The SMILES string of the molecule is CC.CCCCC(C)(C)C(C)(C)CC(CC(C)C(C)CC)NC(=O)C(C)C(C)C=O. The lowest BCUT2D eigenvalue weighted by Crippen LogP contribution is -2.46. The van der Waals surface area contributed by atoms with Gasteiger partial charge in [0.05, 0.1) is 0 Å². The van der Waals surface area contributed by atoms with E-state index in [1.54, 1.807) is 0 Å². The summed E-state index contributed by atoms with van der Waals surface area (Å²) in [6.07, 6.45) is 7.67. The maximum absolute atomic E-state index is 12.8. The number of aldehydes is 1. The van der Waals surface area contributed by atoms with Crippen LogP contribution in [0.4, 0.5) is 0 Å². The molecule has 0 spiro atoms. The maximum Gasteiger partial charge on any atom is 0.223 e. The van der Waals surface area contributed by atoms with Crippen LogP contribution in [0.2, 0.25) is 0 Å². The van der Waals surface area contributed by atoms with Gasteiger partial charge in [-0.3, -0.25) is 4.79 Å². The van der Waals surface area contributed by atoms with Gasteiger partial charge >= 0.3 is 0 Å². The number of hydrogen-bond donors (Lipinski definition) is 1. The number of amides is 1. The first-order chi connectivity index (χ1) is 13.8. The van der Waals surface area contributed by atoms with E-state index < -0.39 is 0 Å². The fourth-order valence-electron chi connectivity index (χ4n) is 3.82. The standard InChI is InChI=1S/C25H49NO2.C2H6/c1-11-13-14-24(7,8)25(9,10)16-22(15-19(4)18(3)12-2)26-23(28)21(6)20(5)17-27;1-2/h17-22H,11-16H2,1-10H3,(H,26,28);1-2H3. The van der Waals surface area contributed by atoms with Crippen LogP contribution in [-0.4, -0.2) is 18.2 Å². The highest BCUT2D eigenvalue weighted by Crippen LogP contribution is 2.46. The minimum Gasteiger partial charge on any atom is -0.353 e. The first kappa shape index (κ1) is 31.3. The predicted octanol–water partition coefficient (Wildman–Crippen LogP) is 7.67. The third kappa shape index (κ3) is 10.4. The van der Waals surface area contributed by atoms with Gasteiger partial charge in [0, 0.05) is 17.9 Å². The summed E-state index contributed by atoms with van der Waals surface area (Å²) >= 11 is 0. The van der Waals surface area contributed by atoms with Crippen molar-refractivity contribution in [2.75, 3.05) is 0 Å². The average Bonchev–Trinajstić information content (AvgIpc) is 2.71. The molecule has 0 heterocycles. The largest absolute Gasteiger partial charge is 0.353 e. The molecular formula is C27H55NO2. The maximum atomic E-state index is 12.8. The zero-order valence-electron chi connectivity index (χ0n) is 22.5. The van der Waals surface area contributed by atoms with Crippen LogP contribution in [0.25, 0.3) is 0 Å². The summed E-state index contributed by atoms with van der Waals surface area (Å²) in [4.78, 5) is 23.9. The molecule has 0 rings (SSSR count). The van der Waals surface area contributed by atoms with E-state index >= 15 is 0 Å². The third-order valence-electron chi connectivity index (χ3n) is 7.78. The van der Waals surface area contributed by atoms with Crippen molar-refractivity contribution in [1.29, 1.82) is 0 Å². The number of carbonyl (C=O) groups excluding carboxylic acids is 2. The van der Waals surface area contributed by atoms with Gasteiger partial charge in [0.2, 0.25) is 5.91 Å². The molecule has 5 atom stereocenters. The molecule has 0 aromatic carbocycles. The second-order valence-electron chi connectivity index (χ2n) is 10.7. The molecule has 0 aromatic rings. The molecule has 1 amide bonds. The van der Waals surface area contributed by atoms with E-state index in [2.05, 4.69) is 60.7 Å². The molecule has 180 valence electrons. The average molecular weight is 426 g/mol. The lowest BCUT2D eigenvalue weighted by Gasteiger charge is -2.45. The van der Waals surface area contributed by atoms with E-state index in [1.165, 1.54) is 19.3 Å². The highest BCUT2D eigenvalue weighted by atomic mass is 16.2. The van der Waals surface area contributed by atoms with Crippen LogP contribution < -0.4 is 5.32 Å². The Balaban J connectivity index is 0. The van der Waals surface area contributed by atoms with Gasteiger partial charge in [-0.1, -0.05) is 102 Å². The van der Waals surface area contributed by atoms with Crippen LogP contribution in [0, 0.1) is 34.5 Å². The molecule has 3 nitrogen and oxygen atoms in total. The quantitative estimate of drug-likeness (QED) is 0.290. The summed E-state index contributed by atoms with van der Waals surface area (Å²) in [5, 5.41) is 3.33. The Morgan fingerprint density at radius 2 is 1.47 bits per heavy atom. The van der Waals surface area contributed by atoms with Gasteiger partial charge in [-0.15, -0.1) is 0 Å². The molecule has 0 aromatic heterocycles. The van der Waals surface area contributed by atoms with Crippen molar-refractivity contribution in [1.82, 2.24) is 5.32 Å². The highest BCUT2D eigenvalue weighted by molar-refractivity contribution is 5.81. The molecule has 0 aliphatic rings. The Morgan fingerprint density at radius 1 is 0.933 bits per heavy atom. The molecule has 0 saturated carbocycles. The van der Waals surface area contributed by atoms with Gasteiger partial charge in [-0.2, -0.15) is 0 Å². The number of hydrogen-bond acceptors (Lipinski definition) is 2. The van der Waals surface area contributed by atoms with Gasteiger partial charge in [-0.25, -0.2) is 0 Å². The van der Waals surface area contributed by atoms with Crippen LogP contribution in [0.1, 0.15) is 122 Å². The fraction of sp³-hybridized carbons (Fsp3) is 0.926.